The predicted octanol–water partition coefficient (Wildman–Crippen LogP) is 3.54. The van der Waals surface area contributed by atoms with Crippen LogP contribution in [0.15, 0.2) is 10.6 Å². The second-order valence-corrected chi connectivity index (χ2v) is 7.79. The van der Waals surface area contributed by atoms with Gasteiger partial charge in [0, 0.05) is 23.9 Å². The predicted molar refractivity (Wildman–Crippen MR) is 97.1 cm³/mol. The maximum Gasteiger partial charge on any atom is 0.261 e. The minimum absolute atomic E-state index is 0.0558. The molecule has 0 radical (unpaired) electrons. The summed E-state index contributed by atoms with van der Waals surface area (Å²) in [7, 11) is 0. The van der Waals surface area contributed by atoms with Crippen LogP contribution < -0.4 is 10.6 Å². The number of hydrogen-bond donors (Lipinski definition) is 2. The largest absolute Gasteiger partial charge is 0.361 e. The van der Waals surface area contributed by atoms with Gasteiger partial charge in [0.15, 0.2) is 0 Å². The lowest BCUT2D eigenvalue weighted by atomic mass is 9.99. The van der Waals surface area contributed by atoms with E-state index in [1.165, 1.54) is 11.3 Å². The molecule has 2 amide bonds. The Morgan fingerprint density at radius 3 is 2.68 bits per heavy atom. The number of aromatic nitrogens is 1. The molecular weight excluding hydrogens is 338 g/mol. The molecule has 2 N–H and O–H groups in total. The molecule has 0 aliphatic heterocycles. The fourth-order valence-electron chi connectivity index (χ4n) is 2.96. The zero-order valence-corrected chi connectivity index (χ0v) is 15.8. The van der Waals surface area contributed by atoms with E-state index in [9.17, 15) is 9.59 Å². The number of thiophene rings is 1. The number of aryl methyl sites for hydroxylation is 3. The van der Waals surface area contributed by atoms with Gasteiger partial charge in [0.2, 0.25) is 5.91 Å². The number of carbonyl (C=O) groups excluding carboxylic acids is 2. The van der Waals surface area contributed by atoms with Gasteiger partial charge in [-0.15, -0.1) is 11.3 Å². The first-order valence-electron chi connectivity index (χ1n) is 8.49. The summed E-state index contributed by atoms with van der Waals surface area (Å²) in [6, 6.07) is 1.86. The van der Waals surface area contributed by atoms with Gasteiger partial charge in [-0.05, 0) is 45.2 Å². The van der Waals surface area contributed by atoms with E-state index in [-0.39, 0.29) is 23.7 Å². The number of amides is 2. The van der Waals surface area contributed by atoms with Crippen LogP contribution in [-0.2, 0) is 4.79 Å². The van der Waals surface area contributed by atoms with Gasteiger partial charge in [0.25, 0.3) is 5.91 Å². The molecule has 0 saturated heterocycles. The maximum absolute atomic E-state index is 12.5. The van der Waals surface area contributed by atoms with Crippen molar-refractivity contribution in [1.82, 2.24) is 10.5 Å². The molecule has 0 bridgehead atoms. The van der Waals surface area contributed by atoms with Gasteiger partial charge in [-0.2, -0.15) is 0 Å². The normalized spacial score (nSPS) is 15.0. The quantitative estimate of drug-likeness (QED) is 0.824. The third-order valence-electron chi connectivity index (χ3n) is 4.47. The van der Waals surface area contributed by atoms with Crippen molar-refractivity contribution >= 4 is 28.2 Å². The molecule has 2 aromatic rings. The molecule has 1 saturated carbocycles. The fourth-order valence-corrected chi connectivity index (χ4v) is 3.95. The molecular formula is C18H23N3O3S. The Balaban J connectivity index is 1.61. The molecule has 1 unspecified atom stereocenters. The van der Waals surface area contributed by atoms with Crippen LogP contribution >= 0.6 is 11.3 Å². The minimum Gasteiger partial charge on any atom is -0.361 e. The lowest BCUT2D eigenvalue weighted by molar-refractivity contribution is -0.117. The molecule has 0 spiro atoms. The van der Waals surface area contributed by atoms with E-state index in [0.717, 1.165) is 40.4 Å². The highest BCUT2D eigenvalue weighted by atomic mass is 32.1. The third kappa shape index (κ3) is 3.92. The van der Waals surface area contributed by atoms with Crippen molar-refractivity contribution in [2.45, 2.75) is 46.5 Å². The zero-order chi connectivity index (χ0) is 18.1. The van der Waals surface area contributed by atoms with Crippen molar-refractivity contribution < 1.29 is 14.1 Å². The Labute approximate surface area is 151 Å². The summed E-state index contributed by atoms with van der Waals surface area (Å²) in [6.45, 7) is 8.21. The highest BCUT2D eigenvalue weighted by molar-refractivity contribution is 7.18. The van der Waals surface area contributed by atoms with E-state index in [1.807, 2.05) is 33.8 Å². The number of anilines is 1. The van der Waals surface area contributed by atoms with Gasteiger partial charge in [-0.3, -0.25) is 9.59 Å². The average Bonchev–Trinajstić information content (AvgIpc) is 3.28. The summed E-state index contributed by atoms with van der Waals surface area (Å²) in [4.78, 5) is 25.0. The van der Waals surface area contributed by atoms with E-state index in [4.69, 9.17) is 4.52 Å². The standard InChI is InChI=1S/C18H23N3O3S/c1-9-7-14(20-17(22)13-5-6-13)25-16(9)18(23)19-8-10(2)15-11(3)21-24-12(15)4/h7,10,13H,5-6,8H2,1-4H3,(H,19,23)(H,20,22). The summed E-state index contributed by atoms with van der Waals surface area (Å²) in [5.74, 6) is 0.991. The van der Waals surface area contributed by atoms with E-state index >= 15 is 0 Å². The van der Waals surface area contributed by atoms with Crippen molar-refractivity contribution in [1.29, 1.82) is 0 Å². The molecule has 3 rings (SSSR count). The summed E-state index contributed by atoms with van der Waals surface area (Å²) in [6.07, 6.45) is 1.92. The van der Waals surface area contributed by atoms with E-state index in [0.29, 0.717) is 11.4 Å². The summed E-state index contributed by atoms with van der Waals surface area (Å²) in [5.41, 5.74) is 2.77. The summed E-state index contributed by atoms with van der Waals surface area (Å²) in [5, 5.41) is 10.6. The minimum atomic E-state index is -0.118. The molecule has 1 aliphatic rings. The number of carbonyl (C=O) groups is 2. The summed E-state index contributed by atoms with van der Waals surface area (Å²) >= 11 is 1.32. The Morgan fingerprint density at radius 1 is 1.36 bits per heavy atom. The molecule has 1 fully saturated rings. The van der Waals surface area contributed by atoms with Crippen LogP contribution in [-0.4, -0.2) is 23.5 Å². The second-order valence-electron chi connectivity index (χ2n) is 6.74. The number of nitrogens with one attached hydrogen (secondary N) is 2. The van der Waals surface area contributed by atoms with Crippen LogP contribution in [0.5, 0.6) is 0 Å². The molecule has 134 valence electrons. The van der Waals surface area contributed by atoms with Crippen LogP contribution in [0, 0.1) is 26.7 Å². The first-order chi connectivity index (χ1) is 11.9. The van der Waals surface area contributed by atoms with Gasteiger partial charge in [0.1, 0.15) is 5.76 Å². The molecule has 1 aliphatic carbocycles. The van der Waals surface area contributed by atoms with Crippen molar-refractivity contribution in [3.63, 3.8) is 0 Å². The second kappa shape index (κ2) is 7.00. The molecule has 7 heteroatoms. The van der Waals surface area contributed by atoms with Crippen LogP contribution in [0.1, 0.15) is 57.9 Å². The zero-order valence-electron chi connectivity index (χ0n) is 14.9. The number of rotatable bonds is 6. The average molecular weight is 361 g/mol. The molecule has 25 heavy (non-hydrogen) atoms. The topological polar surface area (TPSA) is 84.2 Å². The van der Waals surface area contributed by atoms with Gasteiger partial charge in [-0.25, -0.2) is 0 Å². The number of nitrogens with zero attached hydrogens (tertiary/aromatic N) is 1. The lowest BCUT2D eigenvalue weighted by Crippen LogP contribution is -2.27. The molecule has 0 aromatic carbocycles. The van der Waals surface area contributed by atoms with Gasteiger partial charge in [0.05, 0.1) is 15.6 Å². The highest BCUT2D eigenvalue weighted by Gasteiger charge is 2.30. The first kappa shape index (κ1) is 17.7. The Hall–Kier alpha value is -2.15. The molecule has 6 nitrogen and oxygen atoms in total. The van der Waals surface area contributed by atoms with E-state index < -0.39 is 0 Å². The van der Waals surface area contributed by atoms with Gasteiger partial charge in [-0.1, -0.05) is 12.1 Å². The van der Waals surface area contributed by atoms with Crippen LogP contribution in [0.25, 0.3) is 0 Å². The van der Waals surface area contributed by atoms with Crippen LogP contribution in [0.4, 0.5) is 5.00 Å². The Bertz CT molecular complexity index is 785. The van der Waals surface area contributed by atoms with Crippen molar-refractivity contribution in [3.8, 4) is 0 Å². The third-order valence-corrected chi connectivity index (χ3v) is 5.62. The first-order valence-corrected chi connectivity index (χ1v) is 9.30. The van der Waals surface area contributed by atoms with Crippen LogP contribution in [0.2, 0.25) is 0 Å². The SMILES string of the molecule is Cc1cc(NC(=O)C2CC2)sc1C(=O)NCC(C)c1c(C)noc1C. The van der Waals surface area contributed by atoms with Crippen molar-refractivity contribution in [2.75, 3.05) is 11.9 Å². The van der Waals surface area contributed by atoms with Gasteiger partial charge >= 0.3 is 0 Å². The number of hydrogen-bond acceptors (Lipinski definition) is 5. The van der Waals surface area contributed by atoms with E-state index in [1.54, 1.807) is 0 Å². The molecule has 1 atom stereocenters. The fraction of sp³-hybridized carbons (Fsp3) is 0.500. The van der Waals surface area contributed by atoms with Crippen molar-refractivity contribution in [3.05, 3.63) is 33.5 Å². The Kier molecular flexibility index (Phi) is 4.94. The lowest BCUT2D eigenvalue weighted by Gasteiger charge is -2.12. The van der Waals surface area contributed by atoms with Crippen molar-refractivity contribution in [2.24, 2.45) is 5.92 Å². The smallest absolute Gasteiger partial charge is 0.261 e. The molecule has 2 heterocycles. The van der Waals surface area contributed by atoms with Crippen LogP contribution in [0.3, 0.4) is 0 Å². The maximum atomic E-state index is 12.5. The van der Waals surface area contributed by atoms with E-state index in [2.05, 4.69) is 15.8 Å². The Morgan fingerprint density at radius 2 is 2.08 bits per heavy atom. The highest BCUT2D eigenvalue weighted by Crippen LogP contribution is 2.33. The summed E-state index contributed by atoms with van der Waals surface area (Å²) < 4.78 is 5.19. The molecule has 2 aromatic heterocycles. The monoisotopic (exact) mass is 361 g/mol. The van der Waals surface area contributed by atoms with Gasteiger partial charge < -0.3 is 15.2 Å².